The predicted molar refractivity (Wildman–Crippen MR) is 62.4 cm³/mol. The summed E-state index contributed by atoms with van der Waals surface area (Å²) in [6.07, 6.45) is 0. The van der Waals surface area contributed by atoms with Gasteiger partial charge in [0.15, 0.2) is 11.5 Å². The SMILES string of the molecule is Cc1cc(Br)c(C)c2c1OS(=O)(=O)CC2=O. The van der Waals surface area contributed by atoms with Crippen molar-refractivity contribution in [3.05, 3.63) is 27.2 Å². The summed E-state index contributed by atoms with van der Waals surface area (Å²) in [5.74, 6) is -0.836. The van der Waals surface area contributed by atoms with E-state index in [2.05, 4.69) is 15.9 Å². The molecule has 1 heterocycles. The van der Waals surface area contributed by atoms with Crippen LogP contribution in [0, 0.1) is 13.8 Å². The molecule has 0 radical (unpaired) electrons. The third-order valence-electron chi connectivity index (χ3n) is 2.46. The third-order valence-corrected chi connectivity index (χ3v) is 4.32. The topological polar surface area (TPSA) is 60.4 Å². The van der Waals surface area contributed by atoms with Crippen molar-refractivity contribution in [2.45, 2.75) is 13.8 Å². The smallest absolute Gasteiger partial charge is 0.316 e. The first-order valence-electron chi connectivity index (χ1n) is 4.57. The molecule has 1 aliphatic heterocycles. The highest BCUT2D eigenvalue weighted by molar-refractivity contribution is 9.10. The maximum absolute atomic E-state index is 11.7. The minimum atomic E-state index is -3.76. The molecule has 0 amide bonds. The van der Waals surface area contributed by atoms with Crippen molar-refractivity contribution in [3.8, 4) is 5.75 Å². The van der Waals surface area contributed by atoms with Crippen LogP contribution in [0.1, 0.15) is 21.5 Å². The number of Topliss-reactive ketones (excluding diaryl/α,β-unsaturated/α-hetero) is 1. The van der Waals surface area contributed by atoms with Gasteiger partial charge in [-0.05, 0) is 31.0 Å². The van der Waals surface area contributed by atoms with Gasteiger partial charge in [0.25, 0.3) is 0 Å². The highest BCUT2D eigenvalue weighted by atomic mass is 79.9. The Balaban J connectivity index is 2.79. The number of aryl methyl sites for hydroxylation is 1. The van der Waals surface area contributed by atoms with Gasteiger partial charge >= 0.3 is 10.1 Å². The molecule has 0 saturated carbocycles. The van der Waals surface area contributed by atoms with Gasteiger partial charge in [-0.1, -0.05) is 15.9 Å². The fourth-order valence-electron chi connectivity index (χ4n) is 1.68. The van der Waals surface area contributed by atoms with Crippen molar-refractivity contribution in [2.75, 3.05) is 5.75 Å². The van der Waals surface area contributed by atoms with Gasteiger partial charge in [0, 0.05) is 4.47 Å². The Kier molecular flexibility index (Phi) is 2.58. The summed E-state index contributed by atoms with van der Waals surface area (Å²) >= 11 is 3.32. The molecule has 0 bridgehead atoms. The van der Waals surface area contributed by atoms with E-state index in [0.29, 0.717) is 16.7 Å². The monoisotopic (exact) mass is 304 g/mol. The van der Waals surface area contributed by atoms with Gasteiger partial charge in [-0.3, -0.25) is 4.79 Å². The van der Waals surface area contributed by atoms with Gasteiger partial charge in [0.1, 0.15) is 5.75 Å². The van der Waals surface area contributed by atoms with E-state index in [1.165, 1.54) is 0 Å². The molecule has 0 N–H and O–H groups in total. The van der Waals surface area contributed by atoms with E-state index in [0.717, 1.165) is 4.47 Å². The van der Waals surface area contributed by atoms with Gasteiger partial charge in [-0.25, -0.2) is 0 Å². The molecule has 6 heteroatoms. The van der Waals surface area contributed by atoms with E-state index in [1.807, 2.05) is 0 Å². The Morgan fingerprint density at radius 3 is 2.62 bits per heavy atom. The van der Waals surface area contributed by atoms with E-state index >= 15 is 0 Å². The molecule has 0 spiro atoms. The van der Waals surface area contributed by atoms with Gasteiger partial charge in [-0.15, -0.1) is 0 Å². The molecule has 0 fully saturated rings. The molecule has 0 unspecified atom stereocenters. The number of fused-ring (bicyclic) bond motifs is 1. The Morgan fingerprint density at radius 1 is 1.38 bits per heavy atom. The largest absolute Gasteiger partial charge is 0.381 e. The van der Waals surface area contributed by atoms with E-state index < -0.39 is 21.7 Å². The van der Waals surface area contributed by atoms with E-state index in [-0.39, 0.29) is 5.75 Å². The lowest BCUT2D eigenvalue weighted by atomic mass is 10.0. The molecular weight excluding hydrogens is 296 g/mol. The fourth-order valence-corrected chi connectivity index (χ4v) is 3.22. The van der Waals surface area contributed by atoms with Crippen molar-refractivity contribution in [2.24, 2.45) is 0 Å². The van der Waals surface area contributed by atoms with Gasteiger partial charge in [0.2, 0.25) is 0 Å². The second kappa shape index (κ2) is 3.56. The normalized spacial score (nSPS) is 17.8. The lowest BCUT2D eigenvalue weighted by Crippen LogP contribution is -2.28. The number of benzene rings is 1. The zero-order valence-corrected chi connectivity index (χ0v) is 11.1. The van der Waals surface area contributed by atoms with E-state index in [9.17, 15) is 13.2 Å². The van der Waals surface area contributed by atoms with Crippen LogP contribution in [0.15, 0.2) is 10.5 Å². The van der Waals surface area contributed by atoms with Crippen LogP contribution >= 0.6 is 15.9 Å². The molecule has 1 aliphatic rings. The van der Waals surface area contributed by atoms with Crippen molar-refractivity contribution in [1.29, 1.82) is 0 Å². The first kappa shape index (κ1) is 11.6. The van der Waals surface area contributed by atoms with Crippen molar-refractivity contribution in [1.82, 2.24) is 0 Å². The average Bonchev–Trinajstić information content (AvgIpc) is 2.12. The standard InChI is InChI=1S/C10H9BrO4S/c1-5-3-7(11)6(2)9-8(12)4-16(13,14)15-10(5)9/h3H,4H2,1-2H3. The Labute approximate surface area is 102 Å². The Hall–Kier alpha value is -0.880. The van der Waals surface area contributed by atoms with Crippen molar-refractivity contribution in [3.63, 3.8) is 0 Å². The summed E-state index contributed by atoms with van der Waals surface area (Å²) in [6.45, 7) is 3.46. The molecule has 4 nitrogen and oxygen atoms in total. The summed E-state index contributed by atoms with van der Waals surface area (Å²) < 4.78 is 28.3. The zero-order chi connectivity index (χ0) is 12.1. The van der Waals surface area contributed by atoms with E-state index in [1.54, 1.807) is 19.9 Å². The Bertz CT molecular complexity index is 589. The molecule has 2 rings (SSSR count). The second-order valence-corrected chi connectivity index (χ2v) is 6.14. The highest BCUT2D eigenvalue weighted by Gasteiger charge is 2.32. The minimum absolute atomic E-state index is 0.164. The third kappa shape index (κ3) is 1.76. The van der Waals surface area contributed by atoms with Crippen molar-refractivity contribution < 1.29 is 17.4 Å². The molecule has 1 aromatic rings. The van der Waals surface area contributed by atoms with Gasteiger partial charge < -0.3 is 4.18 Å². The molecule has 0 aliphatic carbocycles. The van der Waals surface area contributed by atoms with Crippen LogP contribution in [0.3, 0.4) is 0 Å². The maximum atomic E-state index is 11.7. The van der Waals surface area contributed by atoms with Crippen LogP contribution in [0.25, 0.3) is 0 Å². The fraction of sp³-hybridized carbons (Fsp3) is 0.300. The average molecular weight is 305 g/mol. The molecule has 86 valence electrons. The molecule has 1 aromatic carbocycles. The molecule has 0 saturated heterocycles. The van der Waals surface area contributed by atoms with Crippen LogP contribution in [0.4, 0.5) is 0 Å². The number of halogens is 1. The first-order valence-corrected chi connectivity index (χ1v) is 6.94. The number of hydrogen-bond acceptors (Lipinski definition) is 4. The number of carbonyl (C=O) groups is 1. The number of rotatable bonds is 0. The zero-order valence-electron chi connectivity index (χ0n) is 8.70. The number of hydrogen-bond donors (Lipinski definition) is 0. The van der Waals surface area contributed by atoms with Gasteiger partial charge in [0.05, 0.1) is 5.56 Å². The van der Waals surface area contributed by atoms with Crippen LogP contribution < -0.4 is 4.18 Å². The lowest BCUT2D eigenvalue weighted by Gasteiger charge is -2.20. The number of carbonyl (C=O) groups excluding carboxylic acids is 1. The summed E-state index contributed by atoms with van der Waals surface area (Å²) in [5.41, 5.74) is 1.70. The minimum Gasteiger partial charge on any atom is -0.381 e. The molecule has 16 heavy (non-hydrogen) atoms. The van der Waals surface area contributed by atoms with Crippen LogP contribution in [-0.4, -0.2) is 20.0 Å². The maximum Gasteiger partial charge on any atom is 0.316 e. The first-order chi connectivity index (χ1) is 7.32. The molecule has 0 aromatic heterocycles. The summed E-state index contributed by atoms with van der Waals surface area (Å²) in [4.78, 5) is 11.7. The summed E-state index contributed by atoms with van der Waals surface area (Å²) in [6, 6.07) is 1.74. The van der Waals surface area contributed by atoms with Crippen LogP contribution in [0.2, 0.25) is 0 Å². The summed E-state index contributed by atoms with van der Waals surface area (Å²) in [5, 5.41) is 0. The van der Waals surface area contributed by atoms with Crippen LogP contribution in [-0.2, 0) is 10.1 Å². The predicted octanol–water partition coefficient (Wildman–Crippen LogP) is 1.97. The van der Waals surface area contributed by atoms with Gasteiger partial charge in [-0.2, -0.15) is 8.42 Å². The number of ketones is 1. The molecule has 0 atom stereocenters. The quantitative estimate of drug-likeness (QED) is 0.688. The van der Waals surface area contributed by atoms with E-state index in [4.69, 9.17) is 4.18 Å². The molecular formula is C10H9BrO4S. The lowest BCUT2D eigenvalue weighted by molar-refractivity contribution is 0.101. The highest BCUT2D eigenvalue weighted by Crippen LogP contribution is 2.36. The summed E-state index contributed by atoms with van der Waals surface area (Å²) in [7, 11) is -3.76. The van der Waals surface area contributed by atoms with Crippen molar-refractivity contribution >= 4 is 31.8 Å². The Morgan fingerprint density at radius 2 is 2.00 bits per heavy atom. The second-order valence-electron chi connectivity index (χ2n) is 3.71. The van der Waals surface area contributed by atoms with Crippen LogP contribution in [0.5, 0.6) is 5.75 Å².